The lowest BCUT2D eigenvalue weighted by atomic mass is 10.1. The Balaban J connectivity index is 2.42. The van der Waals surface area contributed by atoms with Crippen LogP contribution in [0.2, 0.25) is 0 Å². The number of nitrogens with zero attached hydrogens (tertiary/aromatic N) is 2. The van der Waals surface area contributed by atoms with Gasteiger partial charge in [-0.3, -0.25) is 19.8 Å². The van der Waals surface area contributed by atoms with Crippen molar-refractivity contribution in [1.82, 2.24) is 4.90 Å². The summed E-state index contributed by atoms with van der Waals surface area (Å²) >= 11 is 6.39. The van der Waals surface area contributed by atoms with E-state index in [2.05, 4.69) is 0 Å². The van der Waals surface area contributed by atoms with Gasteiger partial charge in [-0.1, -0.05) is 37.8 Å². The molecule has 0 aliphatic carbocycles. The molecule has 0 unspecified atom stereocenters. The minimum atomic E-state index is -0.695. The number of benzene rings is 1. The summed E-state index contributed by atoms with van der Waals surface area (Å²) in [6.45, 7) is 6.43. The Kier molecular flexibility index (Phi) is 6.02. The molecule has 1 heterocycles. The molecule has 0 aromatic heterocycles. The van der Waals surface area contributed by atoms with Crippen LogP contribution in [0.5, 0.6) is 11.5 Å². The predicted octanol–water partition coefficient (Wildman–Crippen LogP) is 3.56. The molecule has 1 aliphatic heterocycles. The molecule has 0 atom stereocenters. The van der Waals surface area contributed by atoms with Crippen molar-refractivity contribution in [3.8, 4) is 11.5 Å². The summed E-state index contributed by atoms with van der Waals surface area (Å²) in [5.74, 6) is -0.490. The number of hydrogen-bond donors (Lipinski definition) is 1. The number of rotatable bonds is 6. The summed E-state index contributed by atoms with van der Waals surface area (Å²) in [7, 11) is 0. The smallest absolute Gasteiger partial charge is 0.315 e. The number of thiocarbonyl (C=S) groups is 1. The topological polar surface area (TPSA) is 92.9 Å². The van der Waals surface area contributed by atoms with Gasteiger partial charge in [0.2, 0.25) is 5.75 Å². The number of nitro benzene ring substituents is 1. The highest BCUT2D eigenvalue weighted by atomic mass is 32.2. The van der Waals surface area contributed by atoms with Crippen molar-refractivity contribution < 1.29 is 19.6 Å². The van der Waals surface area contributed by atoms with E-state index in [-0.39, 0.29) is 24.2 Å². The molecule has 1 fully saturated rings. The second-order valence-electron chi connectivity index (χ2n) is 5.76. The number of amides is 1. The van der Waals surface area contributed by atoms with Crippen molar-refractivity contribution in [2.75, 3.05) is 13.2 Å². The van der Waals surface area contributed by atoms with E-state index in [1.807, 2.05) is 13.8 Å². The Morgan fingerprint density at radius 3 is 2.72 bits per heavy atom. The average Bonchev–Trinajstić information content (AvgIpc) is 2.77. The summed E-state index contributed by atoms with van der Waals surface area (Å²) in [4.78, 5) is 24.8. The van der Waals surface area contributed by atoms with E-state index in [1.165, 1.54) is 23.1 Å². The molecule has 1 aliphatic rings. The minimum absolute atomic E-state index is 0.000564. The van der Waals surface area contributed by atoms with E-state index in [0.717, 1.165) is 11.8 Å². The van der Waals surface area contributed by atoms with Gasteiger partial charge in [0.25, 0.3) is 5.91 Å². The molecule has 1 N–H and O–H groups in total. The van der Waals surface area contributed by atoms with Crippen LogP contribution in [0.4, 0.5) is 5.69 Å². The summed E-state index contributed by atoms with van der Waals surface area (Å²) in [6, 6.07) is 2.66. The second kappa shape index (κ2) is 7.83. The summed E-state index contributed by atoms with van der Waals surface area (Å²) in [5, 5.41) is 21.0. The average molecular weight is 382 g/mol. The molecule has 2 rings (SSSR count). The zero-order chi connectivity index (χ0) is 18.7. The zero-order valence-corrected chi connectivity index (χ0v) is 15.6. The van der Waals surface area contributed by atoms with Crippen molar-refractivity contribution in [1.29, 1.82) is 0 Å². The molecule has 1 aromatic carbocycles. The van der Waals surface area contributed by atoms with Crippen molar-refractivity contribution in [3.05, 3.63) is 32.7 Å². The fourth-order valence-electron chi connectivity index (χ4n) is 2.28. The summed E-state index contributed by atoms with van der Waals surface area (Å²) in [6.07, 6.45) is 1.52. The van der Waals surface area contributed by atoms with Gasteiger partial charge in [-0.05, 0) is 30.5 Å². The van der Waals surface area contributed by atoms with Crippen molar-refractivity contribution in [3.63, 3.8) is 0 Å². The van der Waals surface area contributed by atoms with Crippen LogP contribution in [0, 0.1) is 16.0 Å². The van der Waals surface area contributed by atoms with Gasteiger partial charge >= 0.3 is 5.69 Å². The summed E-state index contributed by atoms with van der Waals surface area (Å²) < 4.78 is 5.70. The predicted molar refractivity (Wildman–Crippen MR) is 101 cm³/mol. The highest BCUT2D eigenvalue weighted by Gasteiger charge is 2.32. The first-order valence-corrected chi connectivity index (χ1v) is 8.86. The van der Waals surface area contributed by atoms with Gasteiger partial charge in [-0.25, -0.2) is 0 Å². The minimum Gasteiger partial charge on any atom is -0.500 e. The first-order chi connectivity index (χ1) is 11.7. The maximum absolute atomic E-state index is 12.5. The summed E-state index contributed by atoms with van der Waals surface area (Å²) in [5.41, 5.74) is -0.0899. The van der Waals surface area contributed by atoms with Crippen LogP contribution in [0.15, 0.2) is 17.0 Å². The van der Waals surface area contributed by atoms with Crippen LogP contribution >= 0.6 is 24.0 Å². The Bertz CT molecular complexity index is 761. The number of ether oxygens (including phenoxy) is 1. The lowest BCUT2D eigenvalue weighted by Crippen LogP contribution is -2.31. The number of hydrogen-bond acceptors (Lipinski definition) is 7. The molecule has 0 bridgehead atoms. The van der Waals surface area contributed by atoms with Crippen LogP contribution in [0.25, 0.3) is 6.08 Å². The van der Waals surface area contributed by atoms with E-state index in [4.69, 9.17) is 17.0 Å². The number of aromatic hydroxyl groups is 1. The molecule has 0 saturated carbocycles. The SMILES string of the molecule is CCOc1cc(/C=C2/SC(=S)N(CC(C)C)C2=O)cc([N+](=O)[O-])c1O. The van der Waals surface area contributed by atoms with Crippen LogP contribution in [-0.2, 0) is 4.79 Å². The molecule has 1 saturated heterocycles. The maximum Gasteiger partial charge on any atom is 0.315 e. The first-order valence-electron chi connectivity index (χ1n) is 7.64. The fourth-order valence-corrected chi connectivity index (χ4v) is 3.55. The third-order valence-electron chi connectivity index (χ3n) is 3.29. The highest BCUT2D eigenvalue weighted by Crippen LogP contribution is 2.39. The van der Waals surface area contributed by atoms with Crippen molar-refractivity contribution in [2.24, 2.45) is 5.92 Å². The third kappa shape index (κ3) is 4.29. The van der Waals surface area contributed by atoms with Gasteiger partial charge < -0.3 is 9.84 Å². The quantitative estimate of drug-likeness (QED) is 0.348. The normalized spacial score (nSPS) is 16.2. The van der Waals surface area contributed by atoms with Gasteiger partial charge in [0.05, 0.1) is 16.4 Å². The molecule has 134 valence electrons. The molecule has 9 heteroatoms. The largest absolute Gasteiger partial charge is 0.500 e. The van der Waals surface area contributed by atoms with Gasteiger partial charge in [-0.15, -0.1) is 0 Å². The Hall–Kier alpha value is -2.13. The molecule has 25 heavy (non-hydrogen) atoms. The van der Waals surface area contributed by atoms with E-state index in [1.54, 1.807) is 6.92 Å². The van der Waals surface area contributed by atoms with E-state index in [0.29, 0.717) is 21.3 Å². The van der Waals surface area contributed by atoms with Gasteiger partial charge in [0.15, 0.2) is 5.75 Å². The molecule has 1 amide bonds. The molecular formula is C16H18N2O5S2. The van der Waals surface area contributed by atoms with E-state index in [9.17, 15) is 20.0 Å². The van der Waals surface area contributed by atoms with Gasteiger partial charge in [-0.2, -0.15) is 0 Å². The molecule has 7 nitrogen and oxygen atoms in total. The van der Waals surface area contributed by atoms with Crippen LogP contribution in [-0.4, -0.2) is 38.3 Å². The lowest BCUT2D eigenvalue weighted by molar-refractivity contribution is -0.386. The maximum atomic E-state index is 12.5. The number of carbonyl (C=O) groups excluding carboxylic acids is 1. The van der Waals surface area contributed by atoms with Crippen LogP contribution < -0.4 is 4.74 Å². The second-order valence-corrected chi connectivity index (χ2v) is 7.44. The molecule has 0 radical (unpaired) electrons. The Labute approximate surface area is 154 Å². The molecule has 0 spiro atoms. The number of thioether (sulfide) groups is 1. The zero-order valence-electron chi connectivity index (χ0n) is 14.0. The number of phenols is 1. The highest BCUT2D eigenvalue weighted by molar-refractivity contribution is 8.26. The standard InChI is InChI=1S/C16H18N2O5S2/c1-4-23-12-6-10(5-11(14(12)19)18(21)22)7-13-15(20)17(8-9(2)3)16(24)25-13/h5-7,9,19H,4,8H2,1-3H3/b13-7+. The molecule has 1 aromatic rings. The molecular weight excluding hydrogens is 364 g/mol. The monoisotopic (exact) mass is 382 g/mol. The Morgan fingerprint density at radius 1 is 1.48 bits per heavy atom. The van der Waals surface area contributed by atoms with E-state index >= 15 is 0 Å². The van der Waals surface area contributed by atoms with Crippen molar-refractivity contribution in [2.45, 2.75) is 20.8 Å². The third-order valence-corrected chi connectivity index (χ3v) is 4.67. The first kappa shape index (κ1) is 19.2. The van der Waals surface area contributed by atoms with E-state index < -0.39 is 16.4 Å². The van der Waals surface area contributed by atoms with Gasteiger partial charge in [0.1, 0.15) is 4.32 Å². The lowest BCUT2D eigenvalue weighted by Gasteiger charge is -2.16. The van der Waals surface area contributed by atoms with Crippen LogP contribution in [0.3, 0.4) is 0 Å². The van der Waals surface area contributed by atoms with Crippen LogP contribution in [0.1, 0.15) is 26.3 Å². The van der Waals surface area contributed by atoms with Crippen molar-refractivity contribution >= 4 is 46.0 Å². The Morgan fingerprint density at radius 2 is 2.16 bits per heavy atom. The van der Waals surface area contributed by atoms with Gasteiger partial charge in [0, 0.05) is 12.6 Å². The fraction of sp³-hybridized carbons (Fsp3) is 0.375. The number of nitro groups is 1. The number of carbonyl (C=O) groups is 1. The number of phenolic OH excluding ortho intramolecular Hbond substituents is 1.